The van der Waals surface area contributed by atoms with E-state index in [2.05, 4.69) is 22.1 Å². The van der Waals surface area contributed by atoms with Gasteiger partial charge in [-0.2, -0.15) is 0 Å². The number of likely N-dealkylation sites (tertiary alicyclic amines) is 1. The summed E-state index contributed by atoms with van der Waals surface area (Å²) >= 11 is 0. The number of rotatable bonds is 9. The highest BCUT2D eigenvalue weighted by molar-refractivity contribution is 5.76. The van der Waals surface area contributed by atoms with Crippen molar-refractivity contribution in [2.75, 3.05) is 32.7 Å². The summed E-state index contributed by atoms with van der Waals surface area (Å²) in [4.78, 5) is 2.67. The number of hydrogen-bond acceptors (Lipinski definition) is 9. The van der Waals surface area contributed by atoms with Gasteiger partial charge in [0.15, 0.2) is 0 Å². The van der Waals surface area contributed by atoms with Crippen LogP contribution >= 0.6 is 0 Å². The predicted octanol–water partition coefficient (Wildman–Crippen LogP) is 3.08. The lowest BCUT2D eigenvalue weighted by molar-refractivity contribution is -0.0737. The second kappa shape index (κ2) is 16.4. The van der Waals surface area contributed by atoms with Crippen LogP contribution in [0.2, 0.25) is 0 Å². The van der Waals surface area contributed by atoms with Gasteiger partial charge in [0.25, 0.3) is 0 Å². The number of allylic oxidation sites excluding steroid dienone is 4. The lowest BCUT2D eigenvalue weighted by Crippen LogP contribution is -2.72. The van der Waals surface area contributed by atoms with Crippen LogP contribution in [0.1, 0.15) is 45.1 Å². The van der Waals surface area contributed by atoms with Crippen LogP contribution in [0, 0.1) is 16.7 Å². The van der Waals surface area contributed by atoms with Crippen molar-refractivity contribution in [3.05, 3.63) is 84.0 Å². The molecule has 1 aromatic carbocycles. The van der Waals surface area contributed by atoms with Gasteiger partial charge in [-0.3, -0.25) is 4.90 Å². The summed E-state index contributed by atoms with van der Waals surface area (Å²) < 4.78 is 0. The average molecular weight is 551 g/mol. The molecule has 1 aromatic rings. The van der Waals surface area contributed by atoms with Gasteiger partial charge in [-0.1, -0.05) is 50.8 Å². The zero-order valence-electron chi connectivity index (χ0n) is 24.2. The summed E-state index contributed by atoms with van der Waals surface area (Å²) in [7, 11) is 0. The standard InChI is InChI=1S/C15H20N4O.C14H24N4.C2H6/c1-2-3-6-9-19-13(15(17)18)10-12(16)11-7-4-5-8-14(11)20;15-5-12(6-16)11-1-3-13(4-2-11)18-9-14(10-18)7-17-8-14;1-2/h2-8,10,19-20H,1,9,16-18H2;5-6,11,13,15,17H,1-4,7-10,16H2;1-2H3/b6-3-,12-10-;12-6+,15-5?;. The lowest BCUT2D eigenvalue weighted by atomic mass is 9.71. The smallest absolute Gasteiger partial charge is 0.124 e. The summed E-state index contributed by atoms with van der Waals surface area (Å²) in [5, 5.41) is 23.5. The molecule has 0 atom stereocenters. The number of aromatic hydroxyl groups is 1. The third-order valence-electron chi connectivity index (χ3n) is 7.63. The van der Waals surface area contributed by atoms with Gasteiger partial charge < -0.3 is 44.1 Å². The molecule has 9 heteroatoms. The maximum Gasteiger partial charge on any atom is 0.124 e. The van der Waals surface area contributed by atoms with Crippen molar-refractivity contribution in [2.45, 2.75) is 45.6 Å². The maximum absolute atomic E-state index is 9.74. The summed E-state index contributed by atoms with van der Waals surface area (Å²) in [6, 6.07) is 7.57. The van der Waals surface area contributed by atoms with Crippen molar-refractivity contribution in [2.24, 2.45) is 34.3 Å². The predicted molar refractivity (Wildman–Crippen MR) is 168 cm³/mol. The Kier molecular flexibility index (Phi) is 13.4. The van der Waals surface area contributed by atoms with Crippen LogP contribution in [0.3, 0.4) is 0 Å². The van der Waals surface area contributed by atoms with E-state index >= 15 is 0 Å². The number of nitrogens with zero attached hydrogens (tertiary/aromatic N) is 1. The van der Waals surface area contributed by atoms with Gasteiger partial charge in [-0.15, -0.1) is 0 Å². The Bertz CT molecular complexity index is 1070. The third-order valence-corrected chi connectivity index (χ3v) is 7.63. The average Bonchev–Trinajstić information content (AvgIpc) is 2.92. The van der Waals surface area contributed by atoms with Crippen molar-refractivity contribution in [1.29, 1.82) is 5.41 Å². The molecule has 40 heavy (non-hydrogen) atoms. The van der Waals surface area contributed by atoms with Crippen LogP contribution in [0.25, 0.3) is 5.70 Å². The van der Waals surface area contributed by atoms with E-state index in [1.54, 1.807) is 48.7 Å². The van der Waals surface area contributed by atoms with Crippen LogP contribution in [0.15, 0.2) is 78.4 Å². The molecule has 4 rings (SSSR count). The minimum Gasteiger partial charge on any atom is -0.507 e. The molecule has 2 aliphatic heterocycles. The van der Waals surface area contributed by atoms with Crippen LogP contribution in [0.4, 0.5) is 0 Å². The Balaban J connectivity index is 0.000000265. The highest BCUT2D eigenvalue weighted by Crippen LogP contribution is 2.40. The van der Waals surface area contributed by atoms with E-state index < -0.39 is 0 Å². The quantitative estimate of drug-likeness (QED) is 0.171. The van der Waals surface area contributed by atoms with Gasteiger partial charge in [0.1, 0.15) is 11.6 Å². The normalized spacial score (nSPS) is 21.9. The van der Waals surface area contributed by atoms with Crippen molar-refractivity contribution < 1.29 is 5.11 Å². The minimum absolute atomic E-state index is 0.0998. The van der Waals surface area contributed by atoms with E-state index in [-0.39, 0.29) is 11.6 Å². The number of para-hydroxylation sites is 1. The van der Waals surface area contributed by atoms with E-state index in [1.165, 1.54) is 58.1 Å². The molecule has 0 radical (unpaired) electrons. The lowest BCUT2D eigenvalue weighted by Gasteiger charge is -2.59. The largest absolute Gasteiger partial charge is 0.507 e. The van der Waals surface area contributed by atoms with E-state index in [9.17, 15) is 5.11 Å². The summed E-state index contributed by atoms with van der Waals surface area (Å²) in [5.41, 5.74) is 25.8. The molecule has 2 saturated heterocycles. The SMILES string of the molecule is C=C/C=C\CNC(/C=C(\N)c1ccccc1O)=C(N)N.CC.N=C/C(=C\N)C1CCC(N2CC3(CNC3)C2)CC1. The first-order chi connectivity index (χ1) is 19.3. The van der Waals surface area contributed by atoms with Crippen LogP contribution in [-0.2, 0) is 0 Å². The molecule has 0 amide bonds. The molecule has 3 aliphatic rings. The van der Waals surface area contributed by atoms with Gasteiger partial charge in [-0.25, -0.2) is 0 Å². The number of phenols is 1. The molecule has 0 aromatic heterocycles. The first-order valence-corrected chi connectivity index (χ1v) is 14.2. The summed E-state index contributed by atoms with van der Waals surface area (Å²) in [6.45, 7) is 13.2. The van der Waals surface area contributed by atoms with E-state index in [1.807, 2.05) is 19.9 Å². The summed E-state index contributed by atoms with van der Waals surface area (Å²) in [5.74, 6) is 0.752. The van der Waals surface area contributed by atoms with Gasteiger partial charge in [0, 0.05) is 61.7 Å². The van der Waals surface area contributed by atoms with Crippen LogP contribution < -0.4 is 33.6 Å². The van der Waals surface area contributed by atoms with E-state index in [0.717, 1.165) is 11.6 Å². The number of hydrogen-bond donors (Lipinski definition) is 8. The fourth-order valence-corrected chi connectivity index (χ4v) is 5.37. The van der Waals surface area contributed by atoms with Crippen molar-refractivity contribution in [1.82, 2.24) is 15.5 Å². The molecule has 0 bridgehead atoms. The zero-order valence-corrected chi connectivity index (χ0v) is 24.2. The molecular weight excluding hydrogens is 500 g/mol. The molecule has 0 unspecified atom stereocenters. The Morgan fingerprint density at radius 3 is 2.30 bits per heavy atom. The Hall–Kier alpha value is -3.69. The van der Waals surface area contributed by atoms with Crippen LogP contribution in [0.5, 0.6) is 5.75 Å². The third kappa shape index (κ3) is 8.93. The number of nitrogens with two attached hydrogens (primary N) is 4. The molecule has 3 fully saturated rings. The molecule has 1 spiro atoms. The monoisotopic (exact) mass is 550 g/mol. The number of phenolic OH excluding ortho intramolecular Hbond substituents is 1. The topological polar surface area (TPSA) is 175 Å². The summed E-state index contributed by atoms with van der Waals surface area (Å²) in [6.07, 6.45) is 14.9. The maximum atomic E-state index is 9.74. The van der Waals surface area contributed by atoms with E-state index in [4.69, 9.17) is 28.3 Å². The van der Waals surface area contributed by atoms with Crippen molar-refractivity contribution in [3.63, 3.8) is 0 Å². The second-order valence-electron chi connectivity index (χ2n) is 10.4. The van der Waals surface area contributed by atoms with Gasteiger partial charge in [0.2, 0.25) is 0 Å². The van der Waals surface area contributed by atoms with Crippen LogP contribution in [-0.4, -0.2) is 55.0 Å². The first-order valence-electron chi connectivity index (χ1n) is 14.2. The van der Waals surface area contributed by atoms with Gasteiger partial charge in [0.05, 0.1) is 5.70 Å². The molecule has 2 heterocycles. The molecular formula is C31H50N8O. The fourth-order valence-electron chi connectivity index (χ4n) is 5.37. The van der Waals surface area contributed by atoms with E-state index in [0.29, 0.717) is 34.8 Å². The Morgan fingerprint density at radius 2 is 1.80 bits per heavy atom. The Morgan fingerprint density at radius 1 is 1.15 bits per heavy atom. The molecule has 12 N–H and O–H groups in total. The van der Waals surface area contributed by atoms with Gasteiger partial charge in [-0.05, 0) is 61.6 Å². The fraction of sp³-hybridized carbons (Fsp3) is 0.452. The first kappa shape index (κ1) is 32.5. The minimum atomic E-state index is 0.0998. The number of nitrogens with one attached hydrogen (secondary N) is 3. The highest BCUT2D eigenvalue weighted by Gasteiger charge is 2.49. The van der Waals surface area contributed by atoms with Crippen molar-refractivity contribution in [3.8, 4) is 5.75 Å². The van der Waals surface area contributed by atoms with Crippen molar-refractivity contribution >= 4 is 11.9 Å². The zero-order chi connectivity index (χ0) is 29.5. The molecule has 9 nitrogen and oxygen atoms in total. The number of benzene rings is 1. The second-order valence-corrected chi connectivity index (χ2v) is 10.4. The van der Waals surface area contributed by atoms with Gasteiger partial charge >= 0.3 is 0 Å². The molecule has 1 aliphatic carbocycles. The molecule has 1 saturated carbocycles. The highest BCUT2D eigenvalue weighted by atomic mass is 16.3. The Labute approximate surface area is 240 Å². The molecule has 220 valence electrons.